The van der Waals surface area contributed by atoms with Gasteiger partial charge in [-0.25, -0.2) is 0 Å². The van der Waals surface area contributed by atoms with E-state index in [0.29, 0.717) is 11.0 Å². The Morgan fingerprint density at radius 1 is 1.06 bits per heavy atom. The van der Waals surface area contributed by atoms with Gasteiger partial charge in [-0.2, -0.15) is 0 Å². The summed E-state index contributed by atoms with van der Waals surface area (Å²) in [5, 5.41) is 12.2. The van der Waals surface area contributed by atoms with Gasteiger partial charge in [-0.05, 0) is 42.5 Å². The van der Waals surface area contributed by atoms with Gasteiger partial charge in [-0.15, -0.1) is 10.2 Å². The first-order valence-corrected chi connectivity index (χ1v) is 11.8. The summed E-state index contributed by atoms with van der Waals surface area (Å²) in [6.07, 6.45) is -0.269. The molecule has 2 atom stereocenters. The number of nitrogens with one attached hydrogen (secondary N) is 1. The predicted octanol–water partition coefficient (Wildman–Crippen LogP) is 5.22. The fraction of sp³-hybridized carbons (Fsp3) is 0.400. The lowest BCUT2D eigenvalue weighted by Gasteiger charge is -2.20. The maximum atomic E-state index is 12.4. The summed E-state index contributed by atoms with van der Waals surface area (Å²) in [6.45, 7) is 10.5. The molecule has 0 radical (unpaired) electrons. The van der Waals surface area contributed by atoms with Crippen molar-refractivity contribution >= 4 is 17.7 Å². The summed E-state index contributed by atoms with van der Waals surface area (Å²) in [5.74, 6) is 1.73. The zero-order valence-corrected chi connectivity index (χ0v) is 20.4. The minimum absolute atomic E-state index is 0.0425. The average molecular weight is 453 g/mol. The number of hydrogen-bond acceptors (Lipinski definition) is 5. The molecule has 0 aliphatic carbocycles. The molecule has 0 saturated heterocycles. The Labute approximate surface area is 194 Å². The number of aromatic nitrogens is 3. The van der Waals surface area contributed by atoms with Crippen LogP contribution in [-0.2, 0) is 17.3 Å². The average Bonchev–Trinajstić information content (AvgIpc) is 3.13. The predicted molar refractivity (Wildman–Crippen MR) is 129 cm³/mol. The van der Waals surface area contributed by atoms with Crippen molar-refractivity contribution in [2.75, 3.05) is 5.75 Å². The molecule has 1 N–H and O–H groups in total. The summed E-state index contributed by atoms with van der Waals surface area (Å²) < 4.78 is 7.96. The third kappa shape index (κ3) is 6.13. The number of hydrogen-bond donors (Lipinski definition) is 1. The third-order valence-electron chi connectivity index (χ3n) is 5.27. The minimum Gasteiger partial charge on any atom is -0.483 e. The lowest BCUT2D eigenvalue weighted by atomic mass is 9.87. The molecule has 0 aliphatic rings. The monoisotopic (exact) mass is 452 g/mol. The van der Waals surface area contributed by atoms with Crippen molar-refractivity contribution in [2.45, 2.75) is 57.3 Å². The Balaban J connectivity index is 1.55. The molecule has 0 fully saturated rings. The molecule has 6 nitrogen and oxygen atoms in total. The lowest BCUT2D eigenvalue weighted by molar-refractivity contribution is -0.119. The first-order chi connectivity index (χ1) is 15.1. The summed E-state index contributed by atoms with van der Waals surface area (Å²) in [6, 6.07) is 18.0. The molecule has 0 bridgehead atoms. The van der Waals surface area contributed by atoms with Crippen LogP contribution in [0.1, 0.15) is 63.7 Å². The Bertz CT molecular complexity index is 1030. The molecule has 0 spiro atoms. The van der Waals surface area contributed by atoms with Gasteiger partial charge in [0.15, 0.2) is 17.1 Å². The van der Waals surface area contributed by atoms with Crippen molar-refractivity contribution < 1.29 is 9.53 Å². The van der Waals surface area contributed by atoms with E-state index in [1.807, 2.05) is 67.9 Å². The van der Waals surface area contributed by atoms with Crippen LogP contribution in [0.4, 0.5) is 0 Å². The Morgan fingerprint density at radius 2 is 1.72 bits per heavy atom. The van der Waals surface area contributed by atoms with E-state index in [-0.39, 0.29) is 29.2 Å². The fourth-order valence-corrected chi connectivity index (χ4v) is 4.06. The van der Waals surface area contributed by atoms with Crippen molar-refractivity contribution in [1.82, 2.24) is 20.1 Å². The van der Waals surface area contributed by atoms with Crippen LogP contribution < -0.4 is 10.1 Å². The Hall–Kier alpha value is -2.80. The molecule has 3 aromatic rings. The molecule has 32 heavy (non-hydrogen) atoms. The van der Waals surface area contributed by atoms with Crippen molar-refractivity contribution in [3.05, 3.63) is 71.5 Å². The highest BCUT2D eigenvalue weighted by Gasteiger charge is 2.19. The van der Waals surface area contributed by atoms with E-state index < -0.39 is 0 Å². The first-order valence-electron chi connectivity index (χ1n) is 10.8. The quantitative estimate of drug-likeness (QED) is 0.475. The van der Waals surface area contributed by atoms with Crippen molar-refractivity contribution in [3.63, 3.8) is 0 Å². The van der Waals surface area contributed by atoms with Crippen LogP contribution in [0.3, 0.4) is 0 Å². The minimum atomic E-state index is -0.269. The molecular weight excluding hydrogens is 420 g/mol. The van der Waals surface area contributed by atoms with E-state index >= 15 is 0 Å². The highest BCUT2D eigenvalue weighted by atomic mass is 32.2. The lowest BCUT2D eigenvalue weighted by Crippen LogP contribution is -2.28. The highest BCUT2D eigenvalue weighted by Crippen LogP contribution is 2.27. The third-order valence-corrected chi connectivity index (χ3v) is 6.30. The molecule has 0 aliphatic heterocycles. The number of carbonyl (C=O) groups excluding carboxylic acids is 1. The number of nitrogens with zero attached hydrogens (tertiary/aromatic N) is 3. The van der Waals surface area contributed by atoms with E-state index in [1.165, 1.54) is 17.3 Å². The summed E-state index contributed by atoms with van der Waals surface area (Å²) in [4.78, 5) is 12.4. The molecule has 0 unspecified atom stereocenters. The van der Waals surface area contributed by atoms with E-state index in [0.717, 1.165) is 11.3 Å². The smallest absolute Gasteiger partial charge is 0.230 e. The highest BCUT2D eigenvalue weighted by molar-refractivity contribution is 7.99. The van der Waals surface area contributed by atoms with Gasteiger partial charge in [0, 0.05) is 7.05 Å². The van der Waals surface area contributed by atoms with Crippen LogP contribution in [0.25, 0.3) is 0 Å². The van der Waals surface area contributed by atoms with Gasteiger partial charge in [-0.1, -0.05) is 75.0 Å². The Morgan fingerprint density at radius 3 is 2.34 bits per heavy atom. The molecule has 170 valence electrons. The van der Waals surface area contributed by atoms with Crippen LogP contribution >= 0.6 is 11.8 Å². The molecule has 7 heteroatoms. The maximum absolute atomic E-state index is 12.4. The van der Waals surface area contributed by atoms with Gasteiger partial charge < -0.3 is 14.6 Å². The van der Waals surface area contributed by atoms with Gasteiger partial charge in [0.2, 0.25) is 5.91 Å². The van der Waals surface area contributed by atoms with Crippen molar-refractivity contribution in [3.8, 4) is 5.75 Å². The summed E-state index contributed by atoms with van der Waals surface area (Å²) >= 11 is 1.36. The van der Waals surface area contributed by atoms with E-state index in [1.54, 1.807) is 0 Å². The number of ether oxygens (including phenoxy) is 1. The maximum Gasteiger partial charge on any atom is 0.230 e. The van der Waals surface area contributed by atoms with Gasteiger partial charge in [0.05, 0.1) is 11.8 Å². The summed E-state index contributed by atoms with van der Waals surface area (Å²) in [7, 11) is 1.89. The van der Waals surface area contributed by atoms with Gasteiger partial charge in [-0.3, -0.25) is 4.79 Å². The molecule has 0 saturated carbocycles. The van der Waals surface area contributed by atoms with E-state index in [9.17, 15) is 4.79 Å². The number of carbonyl (C=O) groups is 1. The number of thioether (sulfide) groups is 1. The van der Waals surface area contributed by atoms with E-state index in [2.05, 4.69) is 48.4 Å². The normalized spacial score (nSPS) is 13.4. The molecular formula is C25H32N4O2S. The van der Waals surface area contributed by atoms with Crippen LogP contribution in [-0.4, -0.2) is 26.4 Å². The zero-order chi connectivity index (χ0) is 23.3. The molecule has 3 rings (SSSR count). The van der Waals surface area contributed by atoms with Crippen molar-refractivity contribution in [1.29, 1.82) is 0 Å². The zero-order valence-electron chi connectivity index (χ0n) is 19.6. The van der Waals surface area contributed by atoms with Crippen LogP contribution in [0.5, 0.6) is 5.75 Å². The number of amides is 1. The van der Waals surface area contributed by atoms with Crippen LogP contribution in [0.15, 0.2) is 59.8 Å². The first kappa shape index (κ1) is 23.9. The van der Waals surface area contributed by atoms with Gasteiger partial charge in [0.25, 0.3) is 0 Å². The second-order valence-electron chi connectivity index (χ2n) is 8.92. The van der Waals surface area contributed by atoms with Crippen LogP contribution in [0.2, 0.25) is 0 Å². The second kappa shape index (κ2) is 10.2. The molecule has 1 amide bonds. The topological polar surface area (TPSA) is 69.0 Å². The molecule has 1 heterocycles. The van der Waals surface area contributed by atoms with Crippen molar-refractivity contribution in [2.24, 2.45) is 7.05 Å². The van der Waals surface area contributed by atoms with Crippen LogP contribution in [0, 0.1) is 0 Å². The standard InChI is InChI=1S/C25H32N4O2S/c1-17(19-10-8-7-9-11-19)26-22(30)16-32-24-28-27-23(29(24)6)18(2)31-21-14-12-20(13-15-21)25(3,4)5/h7-15,17-18H,16H2,1-6H3,(H,26,30)/t17-,18+/m1/s1. The fourth-order valence-electron chi connectivity index (χ4n) is 3.33. The Kier molecular flexibility index (Phi) is 7.61. The van der Waals surface area contributed by atoms with E-state index in [4.69, 9.17) is 4.74 Å². The largest absolute Gasteiger partial charge is 0.483 e. The van der Waals surface area contributed by atoms with Gasteiger partial charge in [0.1, 0.15) is 5.75 Å². The second-order valence-corrected chi connectivity index (χ2v) is 9.87. The summed E-state index contributed by atoms with van der Waals surface area (Å²) in [5.41, 5.74) is 2.44. The van der Waals surface area contributed by atoms with Gasteiger partial charge >= 0.3 is 0 Å². The molecule has 1 aromatic heterocycles. The SMILES string of the molecule is C[C@H](Oc1ccc(C(C)(C)C)cc1)c1nnc(SCC(=O)N[C@H](C)c2ccccc2)n1C. The molecule has 2 aromatic carbocycles. The number of rotatable bonds is 8. The number of benzene rings is 2.